The van der Waals surface area contributed by atoms with Gasteiger partial charge in [-0.25, -0.2) is 9.18 Å². The average molecular weight is 285 g/mol. The van der Waals surface area contributed by atoms with Crippen LogP contribution in [0.3, 0.4) is 0 Å². The van der Waals surface area contributed by atoms with Gasteiger partial charge in [0.2, 0.25) is 0 Å². The van der Waals surface area contributed by atoms with Crippen molar-refractivity contribution >= 4 is 11.7 Å². The van der Waals surface area contributed by atoms with Crippen LogP contribution in [0.2, 0.25) is 0 Å². The Balaban J connectivity index is 1.47. The van der Waals surface area contributed by atoms with Crippen LogP contribution in [-0.4, -0.2) is 17.6 Å². The number of amides is 2. The standard InChI is InChI=1S/C16H16FN3O/c17-14-10-18-7-6-15(14)20-16(21)19-9-12-8-13(12)11-4-2-1-3-5-11/h1-7,10,12-13H,8-9H2,(H2,18,19,20,21)/t12-,13+/m1/s1. The lowest BCUT2D eigenvalue weighted by Gasteiger charge is -2.08. The summed E-state index contributed by atoms with van der Waals surface area (Å²) in [6.45, 7) is 0.595. The van der Waals surface area contributed by atoms with Crippen LogP contribution in [0.4, 0.5) is 14.9 Å². The first-order chi connectivity index (χ1) is 10.2. The van der Waals surface area contributed by atoms with Crippen LogP contribution in [-0.2, 0) is 0 Å². The van der Waals surface area contributed by atoms with Crippen molar-refractivity contribution in [3.63, 3.8) is 0 Å². The Bertz CT molecular complexity index is 632. The number of pyridine rings is 1. The lowest BCUT2D eigenvalue weighted by atomic mass is 10.1. The van der Waals surface area contributed by atoms with E-state index in [4.69, 9.17) is 0 Å². The van der Waals surface area contributed by atoms with Gasteiger partial charge in [-0.15, -0.1) is 0 Å². The van der Waals surface area contributed by atoms with Crippen LogP contribution in [0.15, 0.2) is 48.8 Å². The lowest BCUT2D eigenvalue weighted by molar-refractivity contribution is 0.251. The Labute approximate surface area is 122 Å². The molecule has 2 atom stereocenters. The van der Waals surface area contributed by atoms with Crippen LogP contribution in [0.5, 0.6) is 0 Å². The van der Waals surface area contributed by atoms with Gasteiger partial charge in [-0.1, -0.05) is 30.3 Å². The van der Waals surface area contributed by atoms with E-state index in [1.807, 2.05) is 18.2 Å². The zero-order valence-corrected chi connectivity index (χ0v) is 11.4. The SMILES string of the molecule is O=C(NC[C@H]1C[C@H]1c1ccccc1)Nc1ccncc1F. The van der Waals surface area contributed by atoms with Crippen molar-refractivity contribution in [1.29, 1.82) is 0 Å². The summed E-state index contributed by atoms with van der Waals surface area (Å²) in [6.07, 6.45) is 3.58. The maximum atomic E-state index is 13.3. The van der Waals surface area contributed by atoms with Crippen molar-refractivity contribution in [1.82, 2.24) is 10.3 Å². The highest BCUT2D eigenvalue weighted by Gasteiger charge is 2.37. The molecule has 3 rings (SSSR count). The summed E-state index contributed by atoms with van der Waals surface area (Å²) >= 11 is 0. The third-order valence-electron chi connectivity index (χ3n) is 3.70. The summed E-state index contributed by atoms with van der Waals surface area (Å²) < 4.78 is 13.3. The molecule has 108 valence electrons. The predicted octanol–water partition coefficient (Wildman–Crippen LogP) is 3.15. The van der Waals surface area contributed by atoms with Crippen molar-refractivity contribution in [2.45, 2.75) is 12.3 Å². The molecule has 2 aromatic rings. The number of nitrogens with zero attached hydrogens (tertiary/aromatic N) is 1. The molecule has 1 aliphatic carbocycles. The van der Waals surface area contributed by atoms with Crippen molar-refractivity contribution in [3.05, 3.63) is 60.2 Å². The van der Waals surface area contributed by atoms with Crippen LogP contribution in [0.25, 0.3) is 0 Å². The molecule has 1 aromatic heterocycles. The molecule has 1 heterocycles. The number of benzene rings is 1. The third kappa shape index (κ3) is 3.37. The van der Waals surface area contributed by atoms with E-state index in [0.717, 1.165) is 12.6 Å². The highest BCUT2D eigenvalue weighted by molar-refractivity contribution is 5.89. The minimum Gasteiger partial charge on any atom is -0.338 e. The fourth-order valence-electron chi connectivity index (χ4n) is 2.45. The predicted molar refractivity (Wildman–Crippen MR) is 78.5 cm³/mol. The zero-order chi connectivity index (χ0) is 14.7. The molecule has 1 aromatic carbocycles. The highest BCUT2D eigenvalue weighted by Crippen LogP contribution is 2.46. The molecule has 1 saturated carbocycles. The second-order valence-electron chi connectivity index (χ2n) is 5.20. The number of rotatable bonds is 4. The summed E-state index contributed by atoms with van der Waals surface area (Å²) in [4.78, 5) is 15.4. The van der Waals surface area contributed by atoms with E-state index in [0.29, 0.717) is 18.4 Å². The van der Waals surface area contributed by atoms with Gasteiger partial charge in [0.05, 0.1) is 11.9 Å². The molecule has 0 spiro atoms. The van der Waals surface area contributed by atoms with Gasteiger partial charge in [0.15, 0.2) is 5.82 Å². The van der Waals surface area contributed by atoms with Gasteiger partial charge in [0, 0.05) is 12.7 Å². The van der Waals surface area contributed by atoms with Crippen molar-refractivity contribution in [2.24, 2.45) is 5.92 Å². The van der Waals surface area contributed by atoms with Gasteiger partial charge < -0.3 is 10.6 Å². The minimum absolute atomic E-state index is 0.137. The first-order valence-corrected chi connectivity index (χ1v) is 6.93. The van der Waals surface area contributed by atoms with Crippen LogP contribution in [0, 0.1) is 11.7 Å². The molecule has 0 aliphatic heterocycles. The number of carbonyl (C=O) groups excluding carboxylic acids is 1. The van der Waals surface area contributed by atoms with E-state index in [9.17, 15) is 9.18 Å². The first-order valence-electron chi connectivity index (χ1n) is 6.93. The Kier molecular flexibility index (Phi) is 3.81. The van der Waals surface area contributed by atoms with E-state index < -0.39 is 5.82 Å². The average Bonchev–Trinajstić information content (AvgIpc) is 3.28. The molecular formula is C16H16FN3O. The van der Waals surface area contributed by atoms with Crippen LogP contribution >= 0.6 is 0 Å². The summed E-state index contributed by atoms with van der Waals surface area (Å²) in [6, 6.07) is 11.3. The number of aromatic nitrogens is 1. The number of halogens is 1. The Morgan fingerprint density at radius 3 is 2.86 bits per heavy atom. The number of urea groups is 1. The van der Waals surface area contributed by atoms with Crippen molar-refractivity contribution < 1.29 is 9.18 Å². The summed E-state index contributed by atoms with van der Waals surface area (Å²) in [5.74, 6) is 0.436. The summed E-state index contributed by atoms with van der Waals surface area (Å²) in [5.41, 5.74) is 1.45. The smallest absolute Gasteiger partial charge is 0.319 e. The van der Waals surface area contributed by atoms with Gasteiger partial charge in [-0.05, 0) is 29.9 Å². The van der Waals surface area contributed by atoms with Gasteiger partial charge in [-0.3, -0.25) is 4.98 Å². The Morgan fingerprint density at radius 1 is 1.29 bits per heavy atom. The zero-order valence-electron chi connectivity index (χ0n) is 11.4. The molecule has 5 heteroatoms. The highest BCUT2D eigenvalue weighted by atomic mass is 19.1. The van der Waals surface area contributed by atoms with Crippen molar-refractivity contribution in [2.75, 3.05) is 11.9 Å². The topological polar surface area (TPSA) is 54.0 Å². The van der Waals surface area contributed by atoms with E-state index in [1.165, 1.54) is 17.8 Å². The van der Waals surface area contributed by atoms with Crippen LogP contribution < -0.4 is 10.6 Å². The van der Waals surface area contributed by atoms with Gasteiger partial charge in [0.25, 0.3) is 0 Å². The quantitative estimate of drug-likeness (QED) is 0.906. The molecule has 0 bridgehead atoms. The molecule has 2 amide bonds. The van der Waals surface area contributed by atoms with E-state index in [-0.39, 0.29) is 11.7 Å². The second kappa shape index (κ2) is 5.91. The maximum absolute atomic E-state index is 13.3. The van der Waals surface area contributed by atoms with E-state index in [2.05, 4.69) is 27.8 Å². The van der Waals surface area contributed by atoms with Crippen molar-refractivity contribution in [3.8, 4) is 0 Å². The van der Waals surface area contributed by atoms with E-state index in [1.54, 1.807) is 0 Å². The van der Waals surface area contributed by atoms with Gasteiger partial charge in [0.1, 0.15) is 0 Å². The Hall–Kier alpha value is -2.43. The molecule has 4 nitrogen and oxygen atoms in total. The third-order valence-corrected chi connectivity index (χ3v) is 3.70. The monoisotopic (exact) mass is 285 g/mol. The molecule has 21 heavy (non-hydrogen) atoms. The van der Waals surface area contributed by atoms with E-state index >= 15 is 0 Å². The summed E-state index contributed by atoms with van der Waals surface area (Å²) in [7, 11) is 0. The summed E-state index contributed by atoms with van der Waals surface area (Å²) in [5, 5.41) is 5.27. The molecule has 1 aliphatic rings. The molecule has 1 fully saturated rings. The number of nitrogens with one attached hydrogen (secondary N) is 2. The number of carbonyl (C=O) groups is 1. The Morgan fingerprint density at radius 2 is 2.10 bits per heavy atom. The number of hydrogen-bond acceptors (Lipinski definition) is 2. The normalized spacial score (nSPS) is 19.9. The number of anilines is 1. The van der Waals surface area contributed by atoms with Gasteiger partial charge in [-0.2, -0.15) is 0 Å². The molecular weight excluding hydrogens is 269 g/mol. The molecule has 0 radical (unpaired) electrons. The largest absolute Gasteiger partial charge is 0.338 e. The fourth-order valence-corrected chi connectivity index (χ4v) is 2.45. The first kappa shape index (κ1) is 13.5. The lowest BCUT2D eigenvalue weighted by Crippen LogP contribution is -2.31. The number of hydrogen-bond donors (Lipinski definition) is 2. The minimum atomic E-state index is -0.541. The molecule has 0 unspecified atom stereocenters. The maximum Gasteiger partial charge on any atom is 0.319 e. The second-order valence-corrected chi connectivity index (χ2v) is 5.20. The molecule has 0 saturated heterocycles. The van der Waals surface area contributed by atoms with Crippen LogP contribution in [0.1, 0.15) is 17.9 Å². The van der Waals surface area contributed by atoms with Gasteiger partial charge >= 0.3 is 6.03 Å². The fraction of sp³-hybridized carbons (Fsp3) is 0.250. The molecule has 2 N–H and O–H groups in total.